The van der Waals surface area contributed by atoms with Crippen LogP contribution in [0.25, 0.3) is 22.6 Å². The zero-order valence-electron chi connectivity index (χ0n) is 13.5. The number of imidazole rings is 1. The Kier molecular flexibility index (Phi) is 3.52. The number of rotatable bonds is 4. The molecule has 120 valence electrons. The number of allylic oxidation sites excluding steroid dienone is 1. The van der Waals surface area contributed by atoms with Crippen molar-refractivity contribution in [3.05, 3.63) is 30.7 Å². The summed E-state index contributed by atoms with van der Waals surface area (Å²) >= 11 is 0. The molecule has 0 atom stereocenters. The maximum absolute atomic E-state index is 4.82. The van der Waals surface area contributed by atoms with Crippen molar-refractivity contribution in [2.45, 2.75) is 51.6 Å². The van der Waals surface area contributed by atoms with E-state index >= 15 is 0 Å². The number of nitrogens with one attached hydrogen (secondary N) is 1. The van der Waals surface area contributed by atoms with Gasteiger partial charge in [0.05, 0.1) is 30.5 Å². The van der Waals surface area contributed by atoms with Crippen LogP contribution in [-0.4, -0.2) is 29.5 Å². The van der Waals surface area contributed by atoms with Crippen LogP contribution in [0.2, 0.25) is 0 Å². The number of aromatic amines is 1. The summed E-state index contributed by atoms with van der Waals surface area (Å²) in [6.45, 7) is 6.55. The average Bonchev–Trinajstić information content (AvgIpc) is 3.23. The maximum Gasteiger partial charge on any atom is 0.177 e. The van der Waals surface area contributed by atoms with Crippen LogP contribution in [0.15, 0.2) is 25.0 Å². The van der Waals surface area contributed by atoms with Crippen LogP contribution >= 0.6 is 0 Å². The van der Waals surface area contributed by atoms with E-state index < -0.39 is 0 Å². The van der Waals surface area contributed by atoms with E-state index in [9.17, 15) is 0 Å². The molecule has 0 saturated heterocycles. The minimum atomic E-state index is 0.488. The molecule has 6 nitrogen and oxygen atoms in total. The Morgan fingerprint density at radius 2 is 2.09 bits per heavy atom. The van der Waals surface area contributed by atoms with Crippen molar-refractivity contribution in [1.82, 2.24) is 29.5 Å². The van der Waals surface area contributed by atoms with Crippen molar-refractivity contribution >= 4 is 11.2 Å². The van der Waals surface area contributed by atoms with Gasteiger partial charge in [-0.2, -0.15) is 10.2 Å². The summed E-state index contributed by atoms with van der Waals surface area (Å²) in [5.74, 6) is 0.870. The van der Waals surface area contributed by atoms with Crippen LogP contribution in [-0.2, 0) is 6.54 Å². The maximum atomic E-state index is 4.82. The monoisotopic (exact) mass is 310 g/mol. The predicted molar refractivity (Wildman–Crippen MR) is 90.2 cm³/mol. The zero-order valence-corrected chi connectivity index (χ0v) is 13.5. The van der Waals surface area contributed by atoms with Gasteiger partial charge in [-0.05, 0) is 19.8 Å². The summed E-state index contributed by atoms with van der Waals surface area (Å²) < 4.78 is 4.04. The molecule has 1 N–H and O–H groups in total. The topological polar surface area (TPSA) is 64.3 Å². The Morgan fingerprint density at radius 1 is 1.26 bits per heavy atom. The molecule has 23 heavy (non-hydrogen) atoms. The number of hydrogen-bond donors (Lipinski definition) is 1. The van der Waals surface area contributed by atoms with E-state index in [1.807, 2.05) is 23.2 Å². The van der Waals surface area contributed by atoms with Gasteiger partial charge in [0.15, 0.2) is 5.65 Å². The lowest BCUT2D eigenvalue weighted by Gasteiger charge is -2.21. The van der Waals surface area contributed by atoms with Gasteiger partial charge in [0.2, 0.25) is 0 Å². The molecule has 1 fully saturated rings. The van der Waals surface area contributed by atoms with Gasteiger partial charge in [0.1, 0.15) is 11.3 Å². The number of nitrogens with zero attached hydrogens (tertiary/aromatic N) is 5. The van der Waals surface area contributed by atoms with E-state index in [-0.39, 0.29) is 0 Å². The Hall–Kier alpha value is -2.37. The quantitative estimate of drug-likeness (QED) is 0.748. The molecule has 3 aromatic heterocycles. The van der Waals surface area contributed by atoms with Crippen molar-refractivity contribution in [1.29, 1.82) is 0 Å². The normalized spacial score (nSPS) is 16.2. The standard InChI is InChI=1S/C17H22N6/c1-3-9-22-12(2)14(10-18-22)16-20-15-11-19-23(17(15)21-16)13-7-5-4-6-8-13/h3,10-11,13H,1,4-9H2,2H3,(H,20,21). The predicted octanol–water partition coefficient (Wildman–Crippen LogP) is 3.62. The lowest BCUT2D eigenvalue weighted by molar-refractivity contribution is 0.336. The largest absolute Gasteiger partial charge is 0.335 e. The minimum absolute atomic E-state index is 0.488. The highest BCUT2D eigenvalue weighted by atomic mass is 15.3. The van der Waals surface area contributed by atoms with E-state index in [1.54, 1.807) is 0 Å². The summed E-state index contributed by atoms with van der Waals surface area (Å²) in [5.41, 5.74) is 4.10. The molecule has 0 unspecified atom stereocenters. The van der Waals surface area contributed by atoms with Gasteiger partial charge in [-0.25, -0.2) is 9.67 Å². The molecular weight excluding hydrogens is 288 g/mol. The van der Waals surface area contributed by atoms with Gasteiger partial charge in [-0.3, -0.25) is 4.68 Å². The molecule has 0 bridgehead atoms. The third kappa shape index (κ3) is 2.38. The first-order valence-electron chi connectivity index (χ1n) is 8.35. The summed E-state index contributed by atoms with van der Waals surface area (Å²) in [7, 11) is 0. The first kappa shape index (κ1) is 14.2. The fourth-order valence-electron chi connectivity index (χ4n) is 3.52. The molecule has 0 aromatic carbocycles. The lowest BCUT2D eigenvalue weighted by Crippen LogP contribution is -2.14. The van der Waals surface area contributed by atoms with E-state index in [0.717, 1.165) is 28.2 Å². The van der Waals surface area contributed by atoms with Crippen LogP contribution in [0.1, 0.15) is 43.8 Å². The molecular formula is C17H22N6. The van der Waals surface area contributed by atoms with Crippen molar-refractivity contribution in [2.24, 2.45) is 0 Å². The highest BCUT2D eigenvalue weighted by Crippen LogP contribution is 2.31. The first-order valence-corrected chi connectivity index (χ1v) is 8.35. The Bertz CT molecular complexity index is 831. The molecule has 0 spiro atoms. The van der Waals surface area contributed by atoms with Crippen LogP contribution < -0.4 is 0 Å². The summed E-state index contributed by atoms with van der Waals surface area (Å²) in [6, 6.07) is 0.488. The number of H-pyrrole nitrogens is 1. The Morgan fingerprint density at radius 3 is 2.87 bits per heavy atom. The Balaban J connectivity index is 1.72. The average molecular weight is 310 g/mol. The number of aromatic nitrogens is 6. The minimum Gasteiger partial charge on any atom is -0.335 e. The third-order valence-electron chi connectivity index (χ3n) is 4.82. The van der Waals surface area contributed by atoms with Crippen LogP contribution in [0.4, 0.5) is 0 Å². The van der Waals surface area contributed by atoms with Gasteiger partial charge in [0.25, 0.3) is 0 Å². The highest BCUT2D eigenvalue weighted by Gasteiger charge is 2.21. The fraction of sp³-hybridized carbons (Fsp3) is 0.471. The molecule has 3 aromatic rings. The molecule has 6 heteroatoms. The first-order chi connectivity index (χ1) is 11.3. The van der Waals surface area contributed by atoms with E-state index in [0.29, 0.717) is 12.6 Å². The molecule has 1 aliphatic carbocycles. The van der Waals surface area contributed by atoms with Crippen LogP contribution in [0.5, 0.6) is 0 Å². The summed E-state index contributed by atoms with van der Waals surface area (Å²) in [6.07, 6.45) is 11.9. The summed E-state index contributed by atoms with van der Waals surface area (Å²) in [4.78, 5) is 8.21. The van der Waals surface area contributed by atoms with Gasteiger partial charge in [0, 0.05) is 5.69 Å². The second kappa shape index (κ2) is 5.68. The number of fused-ring (bicyclic) bond motifs is 1. The second-order valence-corrected chi connectivity index (χ2v) is 6.32. The molecule has 0 amide bonds. The van der Waals surface area contributed by atoms with Crippen molar-refractivity contribution in [2.75, 3.05) is 0 Å². The zero-order chi connectivity index (χ0) is 15.8. The van der Waals surface area contributed by atoms with Gasteiger partial charge >= 0.3 is 0 Å². The number of hydrogen-bond acceptors (Lipinski definition) is 3. The van der Waals surface area contributed by atoms with Crippen molar-refractivity contribution in [3.63, 3.8) is 0 Å². The SMILES string of the molecule is C=CCn1ncc(-c2nc3c(cnn3C3CCCCC3)[nH]2)c1C. The summed E-state index contributed by atoms with van der Waals surface area (Å²) in [5, 5.41) is 8.97. The van der Waals surface area contributed by atoms with Gasteiger partial charge < -0.3 is 4.98 Å². The Labute approximate surface area is 135 Å². The highest BCUT2D eigenvalue weighted by molar-refractivity contribution is 5.76. The van der Waals surface area contributed by atoms with E-state index in [4.69, 9.17) is 4.98 Å². The molecule has 3 heterocycles. The fourth-order valence-corrected chi connectivity index (χ4v) is 3.52. The smallest absolute Gasteiger partial charge is 0.177 e. The van der Waals surface area contributed by atoms with Crippen LogP contribution in [0.3, 0.4) is 0 Å². The van der Waals surface area contributed by atoms with Gasteiger partial charge in [-0.1, -0.05) is 25.3 Å². The molecule has 0 aliphatic heterocycles. The van der Waals surface area contributed by atoms with Crippen molar-refractivity contribution in [3.8, 4) is 11.4 Å². The van der Waals surface area contributed by atoms with Gasteiger partial charge in [-0.15, -0.1) is 6.58 Å². The molecule has 0 radical (unpaired) electrons. The van der Waals surface area contributed by atoms with Crippen LogP contribution in [0, 0.1) is 6.92 Å². The van der Waals surface area contributed by atoms with Crippen molar-refractivity contribution < 1.29 is 0 Å². The molecule has 1 aliphatic rings. The lowest BCUT2D eigenvalue weighted by atomic mass is 9.96. The third-order valence-corrected chi connectivity index (χ3v) is 4.82. The molecule has 1 saturated carbocycles. The van der Waals surface area contributed by atoms with E-state index in [1.165, 1.54) is 32.1 Å². The van der Waals surface area contributed by atoms with E-state index in [2.05, 4.69) is 33.4 Å². The molecule has 4 rings (SSSR count). The second-order valence-electron chi connectivity index (χ2n) is 6.32.